The van der Waals surface area contributed by atoms with Gasteiger partial charge >= 0.3 is 0 Å². The van der Waals surface area contributed by atoms with E-state index in [0.29, 0.717) is 6.61 Å². The molecule has 0 saturated carbocycles. The summed E-state index contributed by atoms with van der Waals surface area (Å²) < 4.78 is 7.55. The van der Waals surface area contributed by atoms with Crippen LogP contribution in [0.5, 0.6) is 5.75 Å². The zero-order valence-corrected chi connectivity index (χ0v) is 17.1. The fourth-order valence-electron chi connectivity index (χ4n) is 3.42. The Morgan fingerprint density at radius 2 is 1.57 bits per heavy atom. The summed E-state index contributed by atoms with van der Waals surface area (Å²) in [5, 5.41) is 9.10. The Hall–Kier alpha value is -2.82. The first-order valence-electron chi connectivity index (χ1n) is 10.2. The molecular formula is C23H30N4O. The molecule has 0 fully saturated rings. The Balaban J connectivity index is 2.00. The molecule has 3 rings (SSSR count). The maximum atomic E-state index is 5.58. The summed E-state index contributed by atoms with van der Waals surface area (Å²) >= 11 is 0. The predicted molar refractivity (Wildman–Crippen MR) is 115 cm³/mol. The lowest BCUT2D eigenvalue weighted by atomic mass is 10.1. The van der Waals surface area contributed by atoms with Crippen LogP contribution in [0.4, 0.5) is 5.82 Å². The minimum Gasteiger partial charge on any atom is -0.494 e. The van der Waals surface area contributed by atoms with E-state index in [1.54, 1.807) is 0 Å². The number of aromatic nitrogens is 3. The molecule has 0 unspecified atom stereocenters. The summed E-state index contributed by atoms with van der Waals surface area (Å²) in [4.78, 5) is 2.41. The van der Waals surface area contributed by atoms with Gasteiger partial charge in [0.2, 0.25) is 0 Å². The lowest BCUT2D eigenvalue weighted by Crippen LogP contribution is -2.28. The van der Waals surface area contributed by atoms with Crippen LogP contribution in [-0.2, 0) is 6.42 Å². The third-order valence-corrected chi connectivity index (χ3v) is 4.61. The van der Waals surface area contributed by atoms with E-state index in [2.05, 4.69) is 53.3 Å². The molecule has 1 heterocycles. The maximum Gasteiger partial charge on any atom is 0.156 e. The first-order chi connectivity index (χ1) is 13.8. The van der Waals surface area contributed by atoms with Gasteiger partial charge in [0.1, 0.15) is 11.4 Å². The number of rotatable bonds is 10. The number of hydrogen-bond donors (Lipinski definition) is 0. The van der Waals surface area contributed by atoms with E-state index < -0.39 is 0 Å². The molecule has 148 valence electrons. The lowest BCUT2D eigenvalue weighted by molar-refractivity contribution is 0.340. The molecule has 0 aliphatic heterocycles. The Morgan fingerprint density at radius 1 is 0.893 bits per heavy atom. The van der Waals surface area contributed by atoms with E-state index in [1.165, 1.54) is 5.56 Å². The van der Waals surface area contributed by atoms with Gasteiger partial charge in [-0.25, -0.2) is 0 Å². The summed E-state index contributed by atoms with van der Waals surface area (Å²) in [6, 6.07) is 18.5. The second-order valence-corrected chi connectivity index (χ2v) is 6.85. The molecule has 0 atom stereocenters. The number of benzene rings is 2. The standard InChI is InChI=1S/C23H30N4O/c1-4-16-26(17-5-2)23-22(18-19-10-8-7-9-11-19)24-25-27(23)20-12-14-21(15-13-20)28-6-3/h7-15H,4-6,16-18H2,1-3H3. The molecule has 0 aliphatic rings. The summed E-state index contributed by atoms with van der Waals surface area (Å²) in [6.45, 7) is 9.05. The van der Waals surface area contributed by atoms with Crippen LogP contribution in [0.15, 0.2) is 54.6 Å². The second kappa shape index (κ2) is 9.93. The van der Waals surface area contributed by atoms with Crippen LogP contribution >= 0.6 is 0 Å². The highest BCUT2D eigenvalue weighted by Gasteiger charge is 2.20. The van der Waals surface area contributed by atoms with Crippen molar-refractivity contribution in [3.05, 3.63) is 65.9 Å². The van der Waals surface area contributed by atoms with Crippen LogP contribution in [0.2, 0.25) is 0 Å². The van der Waals surface area contributed by atoms with Crippen molar-refractivity contribution in [2.45, 2.75) is 40.0 Å². The molecule has 0 N–H and O–H groups in total. The second-order valence-electron chi connectivity index (χ2n) is 6.85. The normalized spacial score (nSPS) is 10.8. The average Bonchev–Trinajstić information content (AvgIpc) is 3.13. The predicted octanol–water partition coefficient (Wildman–Crippen LogP) is 4.88. The number of ether oxygens (including phenoxy) is 1. The topological polar surface area (TPSA) is 43.2 Å². The number of hydrogen-bond acceptors (Lipinski definition) is 4. The lowest BCUT2D eigenvalue weighted by Gasteiger charge is -2.25. The van der Waals surface area contributed by atoms with Crippen LogP contribution in [0.1, 0.15) is 44.9 Å². The Kier molecular flexibility index (Phi) is 7.06. The van der Waals surface area contributed by atoms with Gasteiger partial charge in [-0.3, -0.25) is 0 Å². The minimum absolute atomic E-state index is 0.663. The van der Waals surface area contributed by atoms with Crippen molar-refractivity contribution >= 4 is 5.82 Å². The van der Waals surface area contributed by atoms with Gasteiger partial charge in [-0.2, -0.15) is 4.68 Å². The monoisotopic (exact) mass is 378 g/mol. The molecule has 0 spiro atoms. The largest absolute Gasteiger partial charge is 0.494 e. The van der Waals surface area contributed by atoms with E-state index in [9.17, 15) is 0 Å². The highest BCUT2D eigenvalue weighted by atomic mass is 16.5. The van der Waals surface area contributed by atoms with Crippen LogP contribution < -0.4 is 9.64 Å². The first kappa shape index (κ1) is 19.9. The Bertz CT molecular complexity index is 837. The molecule has 0 aliphatic carbocycles. The highest BCUT2D eigenvalue weighted by molar-refractivity contribution is 5.52. The first-order valence-corrected chi connectivity index (χ1v) is 10.2. The van der Waals surface area contributed by atoms with E-state index >= 15 is 0 Å². The van der Waals surface area contributed by atoms with E-state index in [1.807, 2.05) is 41.9 Å². The quantitative estimate of drug-likeness (QED) is 0.504. The Morgan fingerprint density at radius 3 is 2.18 bits per heavy atom. The highest BCUT2D eigenvalue weighted by Crippen LogP contribution is 2.26. The molecule has 28 heavy (non-hydrogen) atoms. The van der Waals surface area contributed by atoms with Crippen LogP contribution in [0, 0.1) is 0 Å². The molecule has 0 saturated heterocycles. The average molecular weight is 379 g/mol. The van der Waals surface area contributed by atoms with Crippen LogP contribution in [0.25, 0.3) is 5.69 Å². The summed E-state index contributed by atoms with van der Waals surface area (Å²) in [5.74, 6) is 1.97. The molecule has 0 radical (unpaired) electrons. The smallest absolute Gasteiger partial charge is 0.156 e. The van der Waals surface area contributed by atoms with Gasteiger partial charge in [0.25, 0.3) is 0 Å². The van der Waals surface area contributed by atoms with Crippen molar-refractivity contribution in [1.29, 1.82) is 0 Å². The zero-order chi connectivity index (χ0) is 19.8. The van der Waals surface area contributed by atoms with Crippen molar-refractivity contribution in [3.63, 3.8) is 0 Å². The SMILES string of the molecule is CCCN(CCC)c1c(Cc2ccccc2)nnn1-c1ccc(OCC)cc1. The van der Waals surface area contributed by atoms with Gasteiger partial charge in [-0.05, 0) is 49.6 Å². The maximum absolute atomic E-state index is 5.58. The zero-order valence-electron chi connectivity index (χ0n) is 17.1. The van der Waals surface area contributed by atoms with Crippen LogP contribution in [-0.4, -0.2) is 34.7 Å². The van der Waals surface area contributed by atoms with E-state index in [-0.39, 0.29) is 0 Å². The van der Waals surface area contributed by atoms with Gasteiger partial charge in [-0.1, -0.05) is 49.4 Å². The minimum atomic E-state index is 0.663. The molecule has 2 aromatic carbocycles. The fourth-order valence-corrected chi connectivity index (χ4v) is 3.42. The van der Waals surface area contributed by atoms with Crippen molar-refractivity contribution in [1.82, 2.24) is 15.0 Å². The molecule has 5 nitrogen and oxygen atoms in total. The van der Waals surface area contributed by atoms with Gasteiger partial charge in [0.05, 0.1) is 12.3 Å². The number of anilines is 1. The van der Waals surface area contributed by atoms with E-state index in [4.69, 9.17) is 4.74 Å². The van der Waals surface area contributed by atoms with Gasteiger partial charge < -0.3 is 9.64 Å². The van der Waals surface area contributed by atoms with Crippen molar-refractivity contribution in [2.24, 2.45) is 0 Å². The van der Waals surface area contributed by atoms with Crippen LogP contribution in [0.3, 0.4) is 0 Å². The van der Waals surface area contributed by atoms with Crippen molar-refractivity contribution in [3.8, 4) is 11.4 Å². The van der Waals surface area contributed by atoms with Gasteiger partial charge in [-0.15, -0.1) is 5.10 Å². The van der Waals surface area contributed by atoms with Gasteiger partial charge in [0.15, 0.2) is 5.82 Å². The Labute approximate surface area is 167 Å². The molecule has 0 amide bonds. The fraction of sp³-hybridized carbons (Fsp3) is 0.391. The van der Waals surface area contributed by atoms with E-state index in [0.717, 1.165) is 55.3 Å². The third-order valence-electron chi connectivity index (χ3n) is 4.61. The van der Waals surface area contributed by atoms with Gasteiger partial charge in [0, 0.05) is 19.5 Å². The van der Waals surface area contributed by atoms with Crippen molar-refractivity contribution in [2.75, 3.05) is 24.6 Å². The third kappa shape index (κ3) is 4.71. The molecule has 3 aromatic rings. The summed E-state index contributed by atoms with van der Waals surface area (Å²) in [6.07, 6.45) is 2.94. The molecule has 1 aromatic heterocycles. The molecule has 5 heteroatoms. The summed E-state index contributed by atoms with van der Waals surface area (Å²) in [5.41, 5.74) is 3.26. The molecular weight excluding hydrogens is 348 g/mol. The summed E-state index contributed by atoms with van der Waals surface area (Å²) in [7, 11) is 0. The molecule has 0 bridgehead atoms. The number of nitrogens with zero attached hydrogens (tertiary/aromatic N) is 4. The van der Waals surface area contributed by atoms with Crippen molar-refractivity contribution < 1.29 is 4.74 Å².